The van der Waals surface area contributed by atoms with E-state index < -0.39 is 0 Å². The number of ether oxygens (including phenoxy) is 1. The molecule has 2 aromatic carbocycles. The van der Waals surface area contributed by atoms with Gasteiger partial charge in [0.1, 0.15) is 5.75 Å². The van der Waals surface area contributed by atoms with Crippen LogP contribution in [-0.4, -0.2) is 52.4 Å². The highest BCUT2D eigenvalue weighted by atomic mass is 16.5. The fourth-order valence-electron chi connectivity index (χ4n) is 4.47. The summed E-state index contributed by atoms with van der Waals surface area (Å²) in [6.45, 7) is 2.21. The Bertz CT molecular complexity index is 1270. The number of hydrogen-bond donors (Lipinski definition) is 2. The Morgan fingerprint density at radius 1 is 1.00 bits per heavy atom. The fourth-order valence-corrected chi connectivity index (χ4v) is 4.47. The molecule has 0 saturated carbocycles. The Hall–Kier alpha value is -4.40. The van der Waals surface area contributed by atoms with Gasteiger partial charge in [-0.1, -0.05) is 12.1 Å². The standard InChI is InChI=1S/C28H31N7O2/c1-37-25-8-2-21(3-9-25)12-15-30-28(36)22-13-17-34(18-14-22)27-11-10-26(32-33-27)31-23-4-6-24(7-5-23)35-19-16-29-20-35/h2-11,16,19-20,22H,12-15,17-18H2,1H3,(H,30,36)(H,31,32). The van der Waals surface area contributed by atoms with Gasteiger partial charge in [-0.05, 0) is 73.4 Å². The molecule has 9 nitrogen and oxygen atoms in total. The predicted octanol–water partition coefficient (Wildman–Crippen LogP) is 3.99. The molecule has 0 bridgehead atoms. The molecule has 0 aliphatic carbocycles. The van der Waals surface area contributed by atoms with Crippen molar-refractivity contribution < 1.29 is 9.53 Å². The Labute approximate surface area is 216 Å². The van der Waals surface area contributed by atoms with Gasteiger partial charge in [-0.3, -0.25) is 4.79 Å². The van der Waals surface area contributed by atoms with E-state index in [0.717, 1.165) is 55.3 Å². The number of imidazole rings is 1. The van der Waals surface area contributed by atoms with Crippen LogP contribution < -0.4 is 20.3 Å². The Kier molecular flexibility index (Phi) is 7.59. The molecule has 0 atom stereocenters. The highest BCUT2D eigenvalue weighted by Crippen LogP contribution is 2.23. The fraction of sp³-hybridized carbons (Fsp3) is 0.286. The summed E-state index contributed by atoms with van der Waals surface area (Å²) in [5.74, 6) is 2.53. The highest BCUT2D eigenvalue weighted by molar-refractivity contribution is 5.79. The maximum absolute atomic E-state index is 12.6. The summed E-state index contributed by atoms with van der Waals surface area (Å²) in [7, 11) is 1.66. The average Bonchev–Trinajstić information content (AvgIpc) is 3.50. The molecule has 190 valence electrons. The molecule has 37 heavy (non-hydrogen) atoms. The second kappa shape index (κ2) is 11.6. The van der Waals surface area contributed by atoms with Crippen LogP contribution in [-0.2, 0) is 11.2 Å². The topological polar surface area (TPSA) is 97.2 Å². The summed E-state index contributed by atoms with van der Waals surface area (Å²) < 4.78 is 7.14. The first-order chi connectivity index (χ1) is 18.2. The molecule has 5 rings (SSSR count). The molecule has 0 unspecified atom stereocenters. The van der Waals surface area contributed by atoms with E-state index in [-0.39, 0.29) is 11.8 Å². The van der Waals surface area contributed by atoms with Crippen LogP contribution in [0.15, 0.2) is 79.4 Å². The molecule has 1 aliphatic heterocycles. The van der Waals surface area contributed by atoms with Gasteiger partial charge >= 0.3 is 0 Å². The third-order valence-corrected chi connectivity index (χ3v) is 6.65. The zero-order chi connectivity index (χ0) is 25.5. The van der Waals surface area contributed by atoms with Crippen molar-refractivity contribution in [3.8, 4) is 11.4 Å². The molecule has 0 spiro atoms. The second-order valence-electron chi connectivity index (χ2n) is 9.07. The van der Waals surface area contributed by atoms with Gasteiger partial charge in [0, 0.05) is 49.3 Å². The van der Waals surface area contributed by atoms with E-state index in [2.05, 4.69) is 30.7 Å². The number of nitrogens with zero attached hydrogens (tertiary/aromatic N) is 5. The number of benzene rings is 2. The van der Waals surface area contributed by atoms with Crippen LogP contribution in [0, 0.1) is 5.92 Å². The van der Waals surface area contributed by atoms with Gasteiger partial charge in [0.15, 0.2) is 11.6 Å². The molecule has 3 heterocycles. The third kappa shape index (κ3) is 6.24. The number of hydrogen-bond acceptors (Lipinski definition) is 7. The van der Waals surface area contributed by atoms with Crippen molar-refractivity contribution in [1.29, 1.82) is 0 Å². The van der Waals surface area contributed by atoms with Crippen molar-refractivity contribution in [1.82, 2.24) is 25.1 Å². The van der Waals surface area contributed by atoms with E-state index in [9.17, 15) is 4.79 Å². The van der Waals surface area contributed by atoms with Gasteiger partial charge in [0.05, 0.1) is 13.4 Å². The van der Waals surface area contributed by atoms with Crippen molar-refractivity contribution in [2.45, 2.75) is 19.3 Å². The van der Waals surface area contributed by atoms with Crippen LogP contribution >= 0.6 is 0 Å². The minimum Gasteiger partial charge on any atom is -0.497 e. The Morgan fingerprint density at radius 2 is 1.78 bits per heavy atom. The van der Waals surface area contributed by atoms with Crippen LogP contribution in [0.5, 0.6) is 5.75 Å². The second-order valence-corrected chi connectivity index (χ2v) is 9.07. The molecular formula is C28H31N7O2. The first-order valence-electron chi connectivity index (χ1n) is 12.5. The number of aromatic nitrogens is 4. The molecule has 1 saturated heterocycles. The van der Waals surface area contributed by atoms with Crippen molar-refractivity contribution in [3.63, 3.8) is 0 Å². The molecule has 1 aliphatic rings. The summed E-state index contributed by atoms with van der Waals surface area (Å²) in [4.78, 5) is 18.9. The SMILES string of the molecule is COc1ccc(CCNC(=O)C2CCN(c3ccc(Nc4ccc(-n5ccnc5)cc4)nn3)CC2)cc1. The minimum atomic E-state index is 0.0336. The van der Waals surface area contributed by atoms with Crippen LogP contribution in [0.3, 0.4) is 0 Å². The summed E-state index contributed by atoms with van der Waals surface area (Å²) in [5, 5.41) is 15.2. The number of piperidine rings is 1. The minimum absolute atomic E-state index is 0.0336. The van der Waals surface area contributed by atoms with E-state index in [1.807, 2.05) is 71.4 Å². The lowest BCUT2D eigenvalue weighted by Crippen LogP contribution is -2.41. The van der Waals surface area contributed by atoms with E-state index in [4.69, 9.17) is 4.74 Å². The van der Waals surface area contributed by atoms with Crippen LogP contribution in [0.4, 0.5) is 17.3 Å². The van der Waals surface area contributed by atoms with E-state index in [1.54, 1.807) is 19.6 Å². The number of carbonyl (C=O) groups is 1. The lowest BCUT2D eigenvalue weighted by Gasteiger charge is -2.31. The van der Waals surface area contributed by atoms with Crippen molar-refractivity contribution >= 4 is 23.2 Å². The quantitative estimate of drug-likeness (QED) is 0.361. The maximum atomic E-state index is 12.6. The van der Waals surface area contributed by atoms with E-state index >= 15 is 0 Å². The van der Waals surface area contributed by atoms with Gasteiger partial charge < -0.3 is 24.8 Å². The zero-order valence-electron chi connectivity index (χ0n) is 20.9. The molecular weight excluding hydrogens is 466 g/mol. The van der Waals surface area contributed by atoms with Gasteiger partial charge in [-0.25, -0.2) is 4.98 Å². The largest absolute Gasteiger partial charge is 0.497 e. The molecule has 2 N–H and O–H groups in total. The summed E-state index contributed by atoms with van der Waals surface area (Å²) in [6.07, 6.45) is 7.85. The summed E-state index contributed by atoms with van der Waals surface area (Å²) >= 11 is 0. The lowest BCUT2D eigenvalue weighted by molar-refractivity contribution is -0.125. The molecule has 1 amide bonds. The Morgan fingerprint density at radius 3 is 2.43 bits per heavy atom. The van der Waals surface area contributed by atoms with E-state index in [0.29, 0.717) is 12.4 Å². The van der Waals surface area contributed by atoms with Gasteiger partial charge in [0.25, 0.3) is 0 Å². The first-order valence-corrected chi connectivity index (χ1v) is 12.5. The van der Waals surface area contributed by atoms with Crippen LogP contribution in [0.2, 0.25) is 0 Å². The third-order valence-electron chi connectivity index (χ3n) is 6.65. The molecule has 9 heteroatoms. The van der Waals surface area contributed by atoms with Gasteiger partial charge in [0.2, 0.25) is 5.91 Å². The normalized spacial score (nSPS) is 13.8. The van der Waals surface area contributed by atoms with Crippen molar-refractivity contribution in [3.05, 3.63) is 84.9 Å². The maximum Gasteiger partial charge on any atom is 0.223 e. The van der Waals surface area contributed by atoms with Crippen molar-refractivity contribution in [2.24, 2.45) is 5.92 Å². The molecule has 4 aromatic rings. The Balaban J connectivity index is 1.06. The average molecular weight is 498 g/mol. The highest BCUT2D eigenvalue weighted by Gasteiger charge is 2.25. The van der Waals surface area contributed by atoms with Gasteiger partial charge in [-0.2, -0.15) is 0 Å². The summed E-state index contributed by atoms with van der Waals surface area (Å²) in [5.41, 5.74) is 3.16. The van der Waals surface area contributed by atoms with Gasteiger partial charge in [-0.15, -0.1) is 10.2 Å². The number of methoxy groups -OCH3 is 1. The van der Waals surface area contributed by atoms with Crippen LogP contribution in [0.1, 0.15) is 18.4 Å². The lowest BCUT2D eigenvalue weighted by atomic mass is 9.96. The van der Waals surface area contributed by atoms with E-state index in [1.165, 1.54) is 5.56 Å². The monoisotopic (exact) mass is 497 g/mol. The molecule has 1 fully saturated rings. The first kappa shape index (κ1) is 24.3. The number of carbonyl (C=O) groups excluding carboxylic acids is 1. The smallest absolute Gasteiger partial charge is 0.223 e. The van der Waals surface area contributed by atoms with Crippen LogP contribution in [0.25, 0.3) is 5.69 Å². The summed E-state index contributed by atoms with van der Waals surface area (Å²) in [6, 6.07) is 19.9. The number of nitrogens with one attached hydrogen (secondary N) is 2. The number of anilines is 3. The molecule has 2 aromatic heterocycles. The number of rotatable bonds is 9. The van der Waals surface area contributed by atoms with Crippen molar-refractivity contribution in [2.75, 3.05) is 37.0 Å². The number of amides is 1. The zero-order valence-corrected chi connectivity index (χ0v) is 20.9. The molecule has 0 radical (unpaired) electrons. The predicted molar refractivity (Wildman–Crippen MR) is 144 cm³/mol.